The van der Waals surface area contributed by atoms with Crippen molar-refractivity contribution in [2.45, 2.75) is 24.5 Å². The average Bonchev–Trinajstić information content (AvgIpc) is 3.29. The van der Waals surface area contributed by atoms with Crippen molar-refractivity contribution >= 4 is 41.1 Å². The first-order valence-corrected chi connectivity index (χ1v) is 11.9. The van der Waals surface area contributed by atoms with Crippen LogP contribution >= 0.6 is 11.6 Å². The number of ether oxygens (including phenoxy) is 1. The maximum Gasteiger partial charge on any atom is 0.412 e. The summed E-state index contributed by atoms with van der Waals surface area (Å²) >= 11 is 6.21. The Balaban J connectivity index is 1.43. The number of aromatic carboxylic acids is 1. The van der Waals surface area contributed by atoms with Gasteiger partial charge >= 0.3 is 12.1 Å². The van der Waals surface area contributed by atoms with Crippen LogP contribution in [0.1, 0.15) is 27.9 Å². The van der Waals surface area contributed by atoms with Gasteiger partial charge in [0.15, 0.2) is 17.2 Å². The van der Waals surface area contributed by atoms with Crippen molar-refractivity contribution in [3.63, 3.8) is 0 Å². The van der Waals surface area contributed by atoms with E-state index in [1.54, 1.807) is 23.1 Å². The number of hydrogen-bond acceptors (Lipinski definition) is 6. The molecule has 1 unspecified atom stereocenters. The molecule has 0 bridgehead atoms. The van der Waals surface area contributed by atoms with Gasteiger partial charge in [-0.25, -0.2) is 19.0 Å². The zero-order valence-electron chi connectivity index (χ0n) is 19.4. The Bertz CT molecular complexity index is 1390. The highest BCUT2D eigenvalue weighted by atomic mass is 35.5. The smallest absolute Gasteiger partial charge is 0.412 e. The first kappa shape index (κ1) is 24.5. The first-order chi connectivity index (χ1) is 17.7. The molecule has 0 aliphatic carbocycles. The van der Waals surface area contributed by atoms with Crippen molar-refractivity contribution in [2.75, 3.05) is 23.7 Å². The predicted octanol–water partition coefficient (Wildman–Crippen LogP) is 4.29. The van der Waals surface area contributed by atoms with Crippen LogP contribution in [-0.4, -0.2) is 52.1 Å². The standard InChI is InChI=1S/C26H22ClFN4O5/c27-17-6-7-20-18(12-17)26(37-25(36)31-20)8-9-32(14-26)23(33)21(10-15-4-2-1-3-5-15)30-22-19(28)11-16(13-29-22)24(34)35/h1-7,11-13,21H,8-10,14H2,(H,29,30)(H,31,36)(H,34,35)/t21-,26?/m0/s1. The quantitative estimate of drug-likeness (QED) is 0.440. The molecule has 0 radical (unpaired) electrons. The molecule has 3 N–H and O–H groups in total. The average molecular weight is 525 g/mol. The summed E-state index contributed by atoms with van der Waals surface area (Å²) in [4.78, 5) is 42.7. The maximum atomic E-state index is 14.7. The van der Waals surface area contributed by atoms with Gasteiger partial charge < -0.3 is 20.1 Å². The number of nitrogens with one attached hydrogen (secondary N) is 2. The largest absolute Gasteiger partial charge is 0.478 e. The number of fused-ring (bicyclic) bond motifs is 2. The van der Waals surface area contributed by atoms with Gasteiger partial charge in [0.1, 0.15) is 6.04 Å². The number of nitrogens with zero attached hydrogens (tertiary/aromatic N) is 2. The van der Waals surface area contributed by atoms with Crippen molar-refractivity contribution in [2.24, 2.45) is 0 Å². The molecule has 11 heteroatoms. The van der Waals surface area contributed by atoms with Crippen LogP contribution in [0.15, 0.2) is 60.8 Å². The topological polar surface area (TPSA) is 121 Å². The Morgan fingerprint density at radius 2 is 2.03 bits per heavy atom. The molecule has 37 heavy (non-hydrogen) atoms. The van der Waals surface area contributed by atoms with E-state index in [4.69, 9.17) is 21.4 Å². The number of hydrogen-bond donors (Lipinski definition) is 3. The number of carboxylic acids is 1. The van der Waals surface area contributed by atoms with Crippen LogP contribution in [0, 0.1) is 5.82 Å². The Morgan fingerprint density at radius 3 is 2.76 bits per heavy atom. The molecule has 3 heterocycles. The van der Waals surface area contributed by atoms with E-state index in [9.17, 15) is 18.8 Å². The lowest BCUT2D eigenvalue weighted by Crippen LogP contribution is -2.47. The van der Waals surface area contributed by atoms with E-state index in [1.165, 1.54) is 0 Å². The number of anilines is 2. The highest BCUT2D eigenvalue weighted by Gasteiger charge is 2.49. The van der Waals surface area contributed by atoms with Crippen LogP contribution in [0.2, 0.25) is 5.02 Å². The Labute approximate surface area is 216 Å². The van der Waals surface area contributed by atoms with Gasteiger partial charge in [-0.3, -0.25) is 10.1 Å². The molecule has 1 saturated heterocycles. The molecule has 2 aliphatic rings. The van der Waals surface area contributed by atoms with Crippen LogP contribution in [0.5, 0.6) is 0 Å². The number of rotatable bonds is 6. The fourth-order valence-corrected chi connectivity index (χ4v) is 4.91. The minimum absolute atomic E-state index is 0.0907. The highest BCUT2D eigenvalue weighted by molar-refractivity contribution is 6.30. The lowest BCUT2D eigenvalue weighted by atomic mass is 9.90. The molecular weight excluding hydrogens is 503 g/mol. The molecule has 9 nitrogen and oxygen atoms in total. The number of halogens is 2. The molecule has 5 rings (SSSR count). The number of carboxylic acid groups (broad SMARTS) is 1. The third kappa shape index (κ3) is 4.92. The second-order valence-electron chi connectivity index (χ2n) is 8.95. The molecule has 2 aromatic carbocycles. The Hall–Kier alpha value is -4.18. The zero-order valence-corrected chi connectivity index (χ0v) is 20.2. The van der Waals surface area contributed by atoms with Gasteiger partial charge in [-0.15, -0.1) is 0 Å². The lowest BCUT2D eigenvalue weighted by Gasteiger charge is -2.35. The fraction of sp³-hybridized carbons (Fsp3) is 0.231. The van der Waals surface area contributed by atoms with E-state index < -0.39 is 29.5 Å². The molecule has 1 spiro atoms. The lowest BCUT2D eigenvalue weighted by molar-refractivity contribution is -0.132. The second kappa shape index (κ2) is 9.70. The van der Waals surface area contributed by atoms with Gasteiger partial charge in [-0.05, 0) is 29.8 Å². The van der Waals surface area contributed by atoms with Crippen LogP contribution in [-0.2, 0) is 21.6 Å². The molecule has 2 amide bonds. The summed E-state index contributed by atoms with van der Waals surface area (Å²) in [6.07, 6.45) is 0.983. The molecule has 2 aliphatic heterocycles. The van der Waals surface area contributed by atoms with Crippen molar-refractivity contribution in [3.8, 4) is 0 Å². The van der Waals surface area contributed by atoms with Crippen molar-refractivity contribution < 1.29 is 28.6 Å². The first-order valence-electron chi connectivity index (χ1n) is 11.5. The molecular formula is C26H22ClFN4O5. The van der Waals surface area contributed by atoms with E-state index in [2.05, 4.69) is 15.6 Å². The summed E-state index contributed by atoms with van der Waals surface area (Å²) in [7, 11) is 0. The second-order valence-corrected chi connectivity index (χ2v) is 9.39. The van der Waals surface area contributed by atoms with Gasteiger partial charge in [0.25, 0.3) is 0 Å². The monoisotopic (exact) mass is 524 g/mol. The number of carbonyl (C=O) groups excluding carboxylic acids is 2. The molecule has 1 fully saturated rings. The van der Waals surface area contributed by atoms with Gasteiger partial charge in [-0.1, -0.05) is 41.9 Å². The minimum atomic E-state index is -1.31. The number of carbonyl (C=O) groups is 3. The molecule has 190 valence electrons. The van der Waals surface area contributed by atoms with Crippen LogP contribution < -0.4 is 10.6 Å². The van der Waals surface area contributed by atoms with E-state index >= 15 is 0 Å². The third-order valence-corrected chi connectivity index (χ3v) is 6.76. The van der Waals surface area contributed by atoms with Crippen molar-refractivity contribution in [1.29, 1.82) is 0 Å². The van der Waals surface area contributed by atoms with Gasteiger partial charge in [0, 0.05) is 36.2 Å². The summed E-state index contributed by atoms with van der Waals surface area (Å²) in [5, 5.41) is 15.1. The number of aromatic nitrogens is 1. The number of benzene rings is 2. The summed E-state index contributed by atoms with van der Waals surface area (Å²) in [6.45, 7) is 0.381. The molecule has 1 aromatic heterocycles. The Kier molecular flexibility index (Phi) is 6.43. The van der Waals surface area contributed by atoms with Crippen molar-refractivity contribution in [1.82, 2.24) is 9.88 Å². The molecule has 2 atom stereocenters. The summed E-state index contributed by atoms with van der Waals surface area (Å²) in [5.74, 6) is -2.78. The van der Waals surface area contributed by atoms with Crippen molar-refractivity contribution in [3.05, 3.63) is 88.3 Å². The highest BCUT2D eigenvalue weighted by Crippen LogP contribution is 2.44. The fourth-order valence-electron chi connectivity index (χ4n) is 4.74. The Morgan fingerprint density at radius 1 is 1.24 bits per heavy atom. The number of amides is 2. The zero-order chi connectivity index (χ0) is 26.2. The van der Waals surface area contributed by atoms with Crippen LogP contribution in [0.25, 0.3) is 0 Å². The van der Waals surface area contributed by atoms with E-state index in [0.717, 1.165) is 17.8 Å². The van der Waals surface area contributed by atoms with Gasteiger partial charge in [-0.2, -0.15) is 0 Å². The summed E-state index contributed by atoms with van der Waals surface area (Å²) in [6, 6.07) is 14.2. The summed E-state index contributed by atoms with van der Waals surface area (Å²) in [5.41, 5.74) is 0.705. The van der Waals surface area contributed by atoms with Gasteiger partial charge in [0.2, 0.25) is 5.91 Å². The van der Waals surface area contributed by atoms with Crippen LogP contribution in [0.4, 0.5) is 20.7 Å². The normalized spacial score (nSPS) is 19.1. The minimum Gasteiger partial charge on any atom is -0.478 e. The van der Waals surface area contributed by atoms with E-state index in [1.807, 2.05) is 30.3 Å². The third-order valence-electron chi connectivity index (χ3n) is 6.52. The van der Waals surface area contributed by atoms with E-state index in [0.29, 0.717) is 29.2 Å². The number of likely N-dealkylation sites (tertiary alicyclic amines) is 1. The molecule has 3 aromatic rings. The predicted molar refractivity (Wildman–Crippen MR) is 133 cm³/mol. The van der Waals surface area contributed by atoms with Gasteiger partial charge in [0.05, 0.1) is 17.8 Å². The number of pyridine rings is 1. The molecule has 0 saturated carbocycles. The van der Waals surface area contributed by atoms with E-state index in [-0.39, 0.29) is 30.3 Å². The summed E-state index contributed by atoms with van der Waals surface area (Å²) < 4.78 is 20.4. The maximum absolute atomic E-state index is 14.7. The SMILES string of the molecule is O=C1Nc2ccc(Cl)cc2C2(CCN(C(=O)[C@H](Cc3ccccc3)Nc3ncc(C(=O)O)cc3F)C2)O1. The van der Waals surface area contributed by atoms with Crippen LogP contribution in [0.3, 0.4) is 0 Å².